The molecule has 0 radical (unpaired) electrons. The molecule has 0 fully saturated rings. The van der Waals surface area contributed by atoms with E-state index in [1.54, 1.807) is 6.07 Å². The Morgan fingerprint density at radius 1 is 1.35 bits per heavy atom. The maximum absolute atomic E-state index is 12.2. The zero-order chi connectivity index (χ0) is 15.2. The minimum Gasteiger partial charge on any atom is -0.384 e. The van der Waals surface area contributed by atoms with E-state index >= 15 is 0 Å². The average Bonchev–Trinajstić information content (AvgIpc) is 2.36. The maximum atomic E-state index is 12.2. The Bertz CT molecular complexity index is 530. The molecule has 0 unspecified atom stereocenters. The van der Waals surface area contributed by atoms with Gasteiger partial charge in [0.1, 0.15) is 6.61 Å². The lowest BCUT2D eigenvalue weighted by molar-refractivity contribution is 0.0949. The molecule has 0 saturated heterocycles. The van der Waals surface area contributed by atoms with Crippen LogP contribution in [0.3, 0.4) is 0 Å². The van der Waals surface area contributed by atoms with Gasteiger partial charge in [-0.05, 0) is 36.5 Å². The van der Waals surface area contributed by atoms with Crippen LogP contribution in [-0.2, 0) is 0 Å². The van der Waals surface area contributed by atoms with Crippen molar-refractivity contribution < 1.29 is 9.90 Å². The first kappa shape index (κ1) is 16.3. The van der Waals surface area contributed by atoms with Crippen LogP contribution < -0.4 is 5.32 Å². The summed E-state index contributed by atoms with van der Waals surface area (Å²) < 4.78 is 0. The van der Waals surface area contributed by atoms with Gasteiger partial charge in [0.25, 0.3) is 5.91 Å². The van der Waals surface area contributed by atoms with Crippen molar-refractivity contribution >= 4 is 5.91 Å². The van der Waals surface area contributed by atoms with E-state index in [0.717, 1.165) is 17.5 Å². The lowest BCUT2D eigenvalue weighted by Gasteiger charge is -2.18. The molecule has 0 aliphatic rings. The first-order valence-corrected chi connectivity index (χ1v) is 6.82. The van der Waals surface area contributed by atoms with Gasteiger partial charge in [0.15, 0.2) is 0 Å². The third-order valence-electron chi connectivity index (χ3n) is 2.95. The first-order chi connectivity index (χ1) is 9.33. The molecule has 0 bridgehead atoms. The SMILES string of the molecule is Cc1ccc(C#CCO)cc1C(=O)NCCC(C)(C)C. The highest BCUT2D eigenvalue weighted by Crippen LogP contribution is 2.17. The van der Waals surface area contributed by atoms with E-state index in [9.17, 15) is 4.79 Å². The highest BCUT2D eigenvalue weighted by molar-refractivity contribution is 5.96. The molecule has 1 rings (SSSR count). The maximum Gasteiger partial charge on any atom is 0.251 e. The second-order valence-electron chi connectivity index (χ2n) is 6.06. The number of hydrogen-bond donors (Lipinski definition) is 2. The molecular formula is C17H23NO2. The van der Waals surface area contributed by atoms with E-state index in [1.807, 2.05) is 19.1 Å². The van der Waals surface area contributed by atoms with Crippen LogP contribution in [0.15, 0.2) is 18.2 Å². The molecule has 0 spiro atoms. The minimum atomic E-state index is -0.180. The van der Waals surface area contributed by atoms with Crippen molar-refractivity contribution in [1.82, 2.24) is 5.32 Å². The Kier molecular flexibility index (Phi) is 5.79. The number of benzene rings is 1. The molecule has 0 aliphatic carbocycles. The fraction of sp³-hybridized carbons (Fsp3) is 0.471. The standard InChI is InChI=1S/C17H23NO2/c1-13-7-8-14(6-5-11-19)12-15(13)16(20)18-10-9-17(2,3)4/h7-8,12,19H,9-11H2,1-4H3,(H,18,20). The Balaban J connectivity index is 2.76. The Morgan fingerprint density at radius 2 is 2.05 bits per heavy atom. The number of aryl methyl sites for hydroxylation is 1. The van der Waals surface area contributed by atoms with Crippen molar-refractivity contribution in [3.05, 3.63) is 34.9 Å². The van der Waals surface area contributed by atoms with Crippen LogP contribution in [0.25, 0.3) is 0 Å². The van der Waals surface area contributed by atoms with E-state index in [2.05, 4.69) is 37.9 Å². The fourth-order valence-corrected chi connectivity index (χ4v) is 1.73. The van der Waals surface area contributed by atoms with Gasteiger partial charge in [-0.25, -0.2) is 0 Å². The first-order valence-electron chi connectivity index (χ1n) is 6.82. The molecule has 0 atom stereocenters. The van der Waals surface area contributed by atoms with Crippen molar-refractivity contribution in [2.45, 2.75) is 34.1 Å². The monoisotopic (exact) mass is 273 g/mol. The van der Waals surface area contributed by atoms with E-state index in [0.29, 0.717) is 12.1 Å². The molecule has 1 aromatic rings. The quantitative estimate of drug-likeness (QED) is 0.831. The number of amides is 1. The van der Waals surface area contributed by atoms with Gasteiger partial charge in [-0.2, -0.15) is 0 Å². The van der Waals surface area contributed by atoms with Crippen LogP contribution in [0.2, 0.25) is 0 Å². The largest absolute Gasteiger partial charge is 0.384 e. The number of aliphatic hydroxyl groups excluding tert-OH is 1. The van der Waals surface area contributed by atoms with Crippen LogP contribution in [0.5, 0.6) is 0 Å². The second-order valence-corrected chi connectivity index (χ2v) is 6.06. The molecule has 108 valence electrons. The summed E-state index contributed by atoms with van der Waals surface area (Å²) in [5.74, 6) is 5.33. The topological polar surface area (TPSA) is 49.3 Å². The molecular weight excluding hydrogens is 250 g/mol. The van der Waals surface area contributed by atoms with Crippen LogP contribution in [-0.4, -0.2) is 24.2 Å². The van der Waals surface area contributed by atoms with Crippen molar-refractivity contribution in [3.8, 4) is 11.8 Å². The van der Waals surface area contributed by atoms with Gasteiger partial charge >= 0.3 is 0 Å². The lowest BCUT2D eigenvalue weighted by atomic mass is 9.92. The summed E-state index contributed by atoms with van der Waals surface area (Å²) in [6, 6.07) is 5.49. The Morgan fingerprint density at radius 3 is 2.65 bits per heavy atom. The predicted octanol–water partition coefficient (Wildman–Crippen LogP) is 2.50. The minimum absolute atomic E-state index is 0.0700. The Hall–Kier alpha value is -1.79. The van der Waals surface area contributed by atoms with Crippen LogP contribution in [0.1, 0.15) is 48.7 Å². The summed E-state index contributed by atoms with van der Waals surface area (Å²) >= 11 is 0. The highest BCUT2D eigenvalue weighted by Gasteiger charge is 2.12. The van der Waals surface area contributed by atoms with Crippen molar-refractivity contribution in [1.29, 1.82) is 0 Å². The molecule has 1 aromatic carbocycles. The number of nitrogens with one attached hydrogen (secondary N) is 1. The van der Waals surface area contributed by atoms with Gasteiger partial charge < -0.3 is 10.4 Å². The highest BCUT2D eigenvalue weighted by atomic mass is 16.2. The summed E-state index contributed by atoms with van der Waals surface area (Å²) in [6.07, 6.45) is 0.932. The van der Waals surface area contributed by atoms with E-state index < -0.39 is 0 Å². The summed E-state index contributed by atoms with van der Waals surface area (Å²) in [7, 11) is 0. The van der Waals surface area contributed by atoms with E-state index in [4.69, 9.17) is 5.11 Å². The third kappa shape index (κ3) is 5.46. The molecule has 0 saturated carbocycles. The lowest BCUT2D eigenvalue weighted by Crippen LogP contribution is -2.27. The van der Waals surface area contributed by atoms with E-state index in [1.165, 1.54) is 0 Å². The predicted molar refractivity (Wildman–Crippen MR) is 81.5 cm³/mol. The molecule has 0 aliphatic heterocycles. The van der Waals surface area contributed by atoms with Crippen LogP contribution in [0, 0.1) is 24.2 Å². The molecule has 2 N–H and O–H groups in total. The second kappa shape index (κ2) is 7.12. The average molecular weight is 273 g/mol. The van der Waals surface area contributed by atoms with Crippen molar-refractivity contribution in [2.24, 2.45) is 5.41 Å². The van der Waals surface area contributed by atoms with Gasteiger partial charge in [0.05, 0.1) is 0 Å². The van der Waals surface area contributed by atoms with Crippen molar-refractivity contribution in [2.75, 3.05) is 13.2 Å². The Labute approximate surface area is 121 Å². The molecule has 0 heterocycles. The number of carbonyl (C=O) groups is 1. The summed E-state index contributed by atoms with van der Waals surface area (Å²) in [5.41, 5.74) is 2.51. The smallest absolute Gasteiger partial charge is 0.251 e. The zero-order valence-corrected chi connectivity index (χ0v) is 12.7. The summed E-state index contributed by atoms with van der Waals surface area (Å²) in [4.78, 5) is 12.2. The van der Waals surface area contributed by atoms with Gasteiger partial charge in [0.2, 0.25) is 0 Å². The molecule has 1 amide bonds. The van der Waals surface area contributed by atoms with Gasteiger partial charge in [0, 0.05) is 17.7 Å². The number of carbonyl (C=O) groups excluding carboxylic acids is 1. The fourth-order valence-electron chi connectivity index (χ4n) is 1.73. The molecule has 3 nitrogen and oxygen atoms in total. The normalized spacial score (nSPS) is 10.7. The van der Waals surface area contributed by atoms with E-state index in [-0.39, 0.29) is 17.9 Å². The number of rotatable bonds is 3. The molecule has 3 heteroatoms. The van der Waals surface area contributed by atoms with Crippen LogP contribution >= 0.6 is 0 Å². The molecule has 20 heavy (non-hydrogen) atoms. The zero-order valence-electron chi connectivity index (χ0n) is 12.7. The summed E-state index contributed by atoms with van der Waals surface area (Å²) in [6.45, 7) is 8.83. The molecule has 0 aromatic heterocycles. The van der Waals surface area contributed by atoms with Gasteiger partial charge in [-0.1, -0.05) is 38.7 Å². The third-order valence-corrected chi connectivity index (χ3v) is 2.95. The van der Waals surface area contributed by atoms with Crippen molar-refractivity contribution in [3.63, 3.8) is 0 Å². The summed E-state index contributed by atoms with van der Waals surface area (Å²) in [5, 5.41) is 11.6. The number of hydrogen-bond acceptors (Lipinski definition) is 2. The van der Waals surface area contributed by atoms with Crippen LogP contribution in [0.4, 0.5) is 0 Å². The number of aliphatic hydroxyl groups is 1. The van der Waals surface area contributed by atoms with Gasteiger partial charge in [-0.15, -0.1) is 0 Å². The van der Waals surface area contributed by atoms with Gasteiger partial charge in [-0.3, -0.25) is 4.79 Å².